The van der Waals surface area contributed by atoms with Gasteiger partial charge in [-0.2, -0.15) is 0 Å². The summed E-state index contributed by atoms with van der Waals surface area (Å²) < 4.78 is 10.4. The molecule has 2 atom stereocenters. The van der Waals surface area contributed by atoms with Crippen molar-refractivity contribution < 1.29 is 14.6 Å². The molecular formula is C13H30N2O3. The van der Waals surface area contributed by atoms with E-state index in [-0.39, 0.29) is 12.1 Å². The topological polar surface area (TPSA) is 54.0 Å². The third kappa shape index (κ3) is 6.66. The molecule has 0 aliphatic carbocycles. The molecule has 0 aliphatic rings. The number of aliphatic hydroxyl groups excluding tert-OH is 1. The predicted molar refractivity (Wildman–Crippen MR) is 74.0 cm³/mol. The van der Waals surface area contributed by atoms with Gasteiger partial charge in [0.25, 0.3) is 0 Å². The van der Waals surface area contributed by atoms with Crippen LogP contribution in [0.4, 0.5) is 0 Å². The van der Waals surface area contributed by atoms with E-state index in [9.17, 15) is 5.11 Å². The van der Waals surface area contributed by atoms with E-state index >= 15 is 0 Å². The number of likely N-dealkylation sites (N-methyl/N-ethyl adjacent to an activating group) is 1. The Morgan fingerprint density at radius 3 is 2.44 bits per heavy atom. The highest BCUT2D eigenvalue weighted by Gasteiger charge is 2.27. The molecule has 2 N–H and O–H groups in total. The maximum absolute atomic E-state index is 9.55. The second-order valence-electron chi connectivity index (χ2n) is 5.02. The van der Waals surface area contributed by atoms with Crippen LogP contribution in [0.25, 0.3) is 0 Å². The summed E-state index contributed by atoms with van der Waals surface area (Å²) in [6.07, 6.45) is 0. The quantitative estimate of drug-likeness (QED) is 0.562. The molecule has 0 rings (SSSR count). The van der Waals surface area contributed by atoms with Crippen molar-refractivity contribution in [1.82, 2.24) is 10.2 Å². The molecule has 0 radical (unpaired) electrons. The summed E-state index contributed by atoms with van der Waals surface area (Å²) in [7, 11) is 3.41. The Kier molecular flexibility index (Phi) is 9.59. The van der Waals surface area contributed by atoms with Gasteiger partial charge in [0.1, 0.15) is 0 Å². The first-order valence-electron chi connectivity index (χ1n) is 6.60. The van der Waals surface area contributed by atoms with Gasteiger partial charge in [0.05, 0.1) is 25.4 Å². The molecule has 0 aromatic carbocycles. The third-order valence-electron chi connectivity index (χ3n) is 3.12. The number of nitrogens with one attached hydrogen (secondary N) is 1. The maximum Gasteiger partial charge on any atom is 0.0623 e. The fraction of sp³-hybridized carbons (Fsp3) is 1.00. The molecule has 0 aliphatic heterocycles. The number of nitrogens with zero attached hydrogens (tertiary/aromatic N) is 1. The Bertz CT molecular complexity index is 205. The highest BCUT2D eigenvalue weighted by Crippen LogP contribution is 2.09. The Labute approximate surface area is 111 Å². The fourth-order valence-electron chi connectivity index (χ4n) is 2.05. The Hall–Kier alpha value is -0.200. The van der Waals surface area contributed by atoms with Crippen LogP contribution in [-0.4, -0.2) is 75.3 Å². The summed E-state index contributed by atoms with van der Waals surface area (Å²) in [6.45, 7) is 10.1. The highest BCUT2D eigenvalue weighted by atomic mass is 16.5. The molecule has 0 saturated heterocycles. The third-order valence-corrected chi connectivity index (χ3v) is 3.12. The van der Waals surface area contributed by atoms with E-state index in [4.69, 9.17) is 9.47 Å². The number of ether oxygens (including phenoxy) is 2. The predicted octanol–water partition coefficient (Wildman–Crippen LogP) is 0.330. The summed E-state index contributed by atoms with van der Waals surface area (Å²) in [4.78, 5) is 2.28. The molecule has 2 unspecified atom stereocenters. The van der Waals surface area contributed by atoms with Crippen LogP contribution in [0.15, 0.2) is 0 Å². The number of aliphatic hydroxyl groups is 1. The monoisotopic (exact) mass is 262 g/mol. The van der Waals surface area contributed by atoms with Crippen molar-refractivity contribution in [3.05, 3.63) is 0 Å². The molecule has 0 bridgehead atoms. The van der Waals surface area contributed by atoms with Crippen LogP contribution in [0.1, 0.15) is 20.8 Å². The first-order chi connectivity index (χ1) is 8.52. The molecule has 0 amide bonds. The van der Waals surface area contributed by atoms with Gasteiger partial charge in [-0.05, 0) is 20.4 Å². The fourth-order valence-corrected chi connectivity index (χ4v) is 2.05. The molecule has 110 valence electrons. The van der Waals surface area contributed by atoms with Gasteiger partial charge in [0.15, 0.2) is 0 Å². The smallest absolute Gasteiger partial charge is 0.0623 e. The van der Waals surface area contributed by atoms with Gasteiger partial charge in [-0.25, -0.2) is 0 Å². The SMILES string of the molecule is CCNC(C)(CO)CN(CCOC)C(C)COC. The second kappa shape index (κ2) is 9.69. The summed E-state index contributed by atoms with van der Waals surface area (Å²) in [5.74, 6) is 0. The van der Waals surface area contributed by atoms with E-state index in [0.29, 0.717) is 19.3 Å². The van der Waals surface area contributed by atoms with Crippen LogP contribution < -0.4 is 5.32 Å². The van der Waals surface area contributed by atoms with Gasteiger partial charge in [-0.3, -0.25) is 4.90 Å². The van der Waals surface area contributed by atoms with Crippen molar-refractivity contribution in [2.24, 2.45) is 0 Å². The molecule has 0 heterocycles. The van der Waals surface area contributed by atoms with Gasteiger partial charge in [0.2, 0.25) is 0 Å². The molecule has 0 saturated carbocycles. The average molecular weight is 262 g/mol. The van der Waals surface area contributed by atoms with Crippen LogP contribution in [0, 0.1) is 0 Å². The summed E-state index contributed by atoms with van der Waals surface area (Å²) >= 11 is 0. The minimum Gasteiger partial charge on any atom is -0.394 e. The van der Waals surface area contributed by atoms with Gasteiger partial charge in [-0.1, -0.05) is 6.92 Å². The minimum absolute atomic E-state index is 0.115. The minimum atomic E-state index is -0.287. The van der Waals surface area contributed by atoms with Crippen molar-refractivity contribution in [2.45, 2.75) is 32.4 Å². The molecule has 5 heteroatoms. The Morgan fingerprint density at radius 2 is 2.00 bits per heavy atom. The van der Waals surface area contributed by atoms with Crippen LogP contribution in [0.2, 0.25) is 0 Å². The molecule has 0 fully saturated rings. The molecule has 0 aromatic rings. The Balaban J connectivity index is 4.53. The van der Waals surface area contributed by atoms with Gasteiger partial charge in [0, 0.05) is 33.4 Å². The van der Waals surface area contributed by atoms with Crippen LogP contribution >= 0.6 is 0 Å². The second-order valence-corrected chi connectivity index (χ2v) is 5.02. The zero-order chi connectivity index (χ0) is 14.0. The van der Waals surface area contributed by atoms with Crippen LogP contribution in [0.5, 0.6) is 0 Å². The lowest BCUT2D eigenvalue weighted by Gasteiger charge is -2.37. The van der Waals surface area contributed by atoms with Gasteiger partial charge in [-0.15, -0.1) is 0 Å². The van der Waals surface area contributed by atoms with Crippen molar-refractivity contribution in [1.29, 1.82) is 0 Å². The number of hydrogen-bond acceptors (Lipinski definition) is 5. The zero-order valence-electron chi connectivity index (χ0n) is 12.5. The lowest BCUT2D eigenvalue weighted by Crippen LogP contribution is -2.56. The van der Waals surface area contributed by atoms with Crippen molar-refractivity contribution in [3.8, 4) is 0 Å². The lowest BCUT2D eigenvalue weighted by molar-refractivity contribution is 0.0435. The normalized spacial score (nSPS) is 16.8. The summed E-state index contributed by atoms with van der Waals surface area (Å²) in [5, 5.41) is 12.9. The Morgan fingerprint density at radius 1 is 1.33 bits per heavy atom. The van der Waals surface area contributed by atoms with E-state index in [1.54, 1.807) is 14.2 Å². The van der Waals surface area contributed by atoms with E-state index in [2.05, 4.69) is 17.1 Å². The van der Waals surface area contributed by atoms with E-state index in [1.165, 1.54) is 0 Å². The molecule has 0 spiro atoms. The van der Waals surface area contributed by atoms with Gasteiger partial charge >= 0.3 is 0 Å². The highest BCUT2D eigenvalue weighted by molar-refractivity contribution is 4.87. The zero-order valence-corrected chi connectivity index (χ0v) is 12.5. The van der Waals surface area contributed by atoms with E-state index in [1.807, 2.05) is 13.8 Å². The number of methoxy groups -OCH3 is 2. The van der Waals surface area contributed by atoms with Crippen molar-refractivity contribution in [2.75, 3.05) is 53.7 Å². The summed E-state index contributed by atoms with van der Waals surface area (Å²) in [5.41, 5.74) is -0.287. The number of rotatable bonds is 11. The lowest BCUT2D eigenvalue weighted by atomic mass is 10.0. The molecule has 5 nitrogen and oxygen atoms in total. The van der Waals surface area contributed by atoms with E-state index < -0.39 is 0 Å². The molecule has 0 aromatic heterocycles. The average Bonchev–Trinajstić information content (AvgIpc) is 2.35. The molecule has 18 heavy (non-hydrogen) atoms. The maximum atomic E-state index is 9.55. The van der Waals surface area contributed by atoms with Crippen molar-refractivity contribution >= 4 is 0 Å². The largest absolute Gasteiger partial charge is 0.394 e. The number of hydrogen-bond donors (Lipinski definition) is 2. The molecular weight excluding hydrogens is 232 g/mol. The van der Waals surface area contributed by atoms with Gasteiger partial charge < -0.3 is 19.9 Å². The first-order valence-corrected chi connectivity index (χ1v) is 6.60. The van der Waals surface area contributed by atoms with Crippen molar-refractivity contribution in [3.63, 3.8) is 0 Å². The van der Waals surface area contributed by atoms with Crippen LogP contribution in [-0.2, 0) is 9.47 Å². The summed E-state index contributed by atoms with van der Waals surface area (Å²) in [6, 6.07) is 0.301. The standard InChI is InChI=1S/C13H30N2O3/c1-6-14-13(3,11-16)10-15(7-8-17-4)12(2)9-18-5/h12,14,16H,6-11H2,1-5H3. The van der Waals surface area contributed by atoms with Crippen LogP contribution in [0.3, 0.4) is 0 Å². The first kappa shape index (κ1) is 17.8. The van der Waals surface area contributed by atoms with E-state index in [0.717, 1.165) is 19.6 Å².